The van der Waals surface area contributed by atoms with Crippen LogP contribution in [0.3, 0.4) is 0 Å². The number of hydrogen-bond donors (Lipinski definition) is 0. The lowest BCUT2D eigenvalue weighted by Gasteiger charge is -2.03. The summed E-state index contributed by atoms with van der Waals surface area (Å²) in [4.78, 5) is 10.9. The van der Waals surface area contributed by atoms with Crippen LogP contribution in [0.1, 0.15) is 25.0 Å². The van der Waals surface area contributed by atoms with Crippen LogP contribution in [0, 0.1) is 6.92 Å². The third-order valence-electron chi connectivity index (χ3n) is 2.05. The smallest absolute Gasteiger partial charge is 0.152 e. The number of carbonyl (C=O) groups excluding carboxylic acids is 1. The van der Waals surface area contributed by atoms with E-state index in [-0.39, 0.29) is 5.78 Å². The number of ketones is 1. The van der Waals surface area contributed by atoms with Crippen LogP contribution < -0.4 is 0 Å². The van der Waals surface area contributed by atoms with Crippen LogP contribution in [0.25, 0.3) is 5.57 Å². The largest absolute Gasteiger partial charge is 0.295 e. The van der Waals surface area contributed by atoms with Crippen LogP contribution >= 0.6 is 15.9 Å². The first-order valence-corrected chi connectivity index (χ1v) is 5.25. The molecular weight excluding hydrogens is 240 g/mol. The van der Waals surface area contributed by atoms with Crippen LogP contribution in [0.15, 0.2) is 28.7 Å². The standard InChI is InChI=1S/C12H13BrO/c1-8-4-5-11(7-12(8)13)9(2)6-10(3)14/h4-7H,1-3H3/b9-6+. The lowest BCUT2D eigenvalue weighted by Crippen LogP contribution is -1.87. The molecule has 2 heteroatoms. The van der Waals surface area contributed by atoms with E-state index in [2.05, 4.69) is 15.9 Å². The van der Waals surface area contributed by atoms with Crippen molar-refractivity contribution in [3.05, 3.63) is 39.9 Å². The normalized spacial score (nSPS) is 11.6. The van der Waals surface area contributed by atoms with Gasteiger partial charge in [0.25, 0.3) is 0 Å². The van der Waals surface area contributed by atoms with Crippen molar-refractivity contribution in [2.75, 3.05) is 0 Å². The molecule has 0 radical (unpaired) electrons. The van der Waals surface area contributed by atoms with Gasteiger partial charge in [0.1, 0.15) is 0 Å². The van der Waals surface area contributed by atoms with Crippen LogP contribution in [-0.2, 0) is 4.79 Å². The Hall–Kier alpha value is -0.890. The van der Waals surface area contributed by atoms with E-state index in [9.17, 15) is 4.79 Å². The van der Waals surface area contributed by atoms with Gasteiger partial charge in [-0.3, -0.25) is 4.79 Å². The number of hydrogen-bond acceptors (Lipinski definition) is 1. The highest BCUT2D eigenvalue weighted by atomic mass is 79.9. The third-order valence-corrected chi connectivity index (χ3v) is 2.90. The third kappa shape index (κ3) is 2.81. The Balaban J connectivity index is 3.09. The van der Waals surface area contributed by atoms with E-state index >= 15 is 0 Å². The highest BCUT2D eigenvalue weighted by Gasteiger charge is 2.00. The zero-order valence-corrected chi connectivity index (χ0v) is 10.2. The highest BCUT2D eigenvalue weighted by Crippen LogP contribution is 2.22. The van der Waals surface area contributed by atoms with E-state index in [0.717, 1.165) is 15.6 Å². The van der Waals surface area contributed by atoms with Gasteiger partial charge >= 0.3 is 0 Å². The van der Waals surface area contributed by atoms with E-state index < -0.39 is 0 Å². The average molecular weight is 253 g/mol. The summed E-state index contributed by atoms with van der Waals surface area (Å²) in [5.74, 6) is 0.0826. The summed E-state index contributed by atoms with van der Waals surface area (Å²) >= 11 is 3.47. The van der Waals surface area contributed by atoms with E-state index in [1.807, 2.05) is 32.0 Å². The van der Waals surface area contributed by atoms with E-state index in [1.54, 1.807) is 13.0 Å². The molecule has 0 aliphatic carbocycles. The molecule has 74 valence electrons. The zero-order valence-electron chi connectivity index (χ0n) is 8.60. The number of rotatable bonds is 2. The zero-order chi connectivity index (χ0) is 10.7. The minimum atomic E-state index is 0.0826. The summed E-state index contributed by atoms with van der Waals surface area (Å²) in [6.07, 6.45) is 1.65. The maximum Gasteiger partial charge on any atom is 0.152 e. The van der Waals surface area contributed by atoms with Crippen LogP contribution in [-0.4, -0.2) is 5.78 Å². The van der Waals surface area contributed by atoms with Gasteiger partial charge in [-0.1, -0.05) is 28.1 Å². The molecule has 0 atom stereocenters. The van der Waals surface area contributed by atoms with Crippen molar-refractivity contribution >= 4 is 27.3 Å². The Kier molecular flexibility index (Phi) is 3.64. The van der Waals surface area contributed by atoms with Gasteiger partial charge in [-0.2, -0.15) is 0 Å². The fourth-order valence-electron chi connectivity index (χ4n) is 1.23. The summed E-state index contributed by atoms with van der Waals surface area (Å²) in [6.45, 7) is 5.54. The molecule has 0 saturated heterocycles. The van der Waals surface area contributed by atoms with Crippen molar-refractivity contribution in [2.24, 2.45) is 0 Å². The molecule has 0 amide bonds. The Morgan fingerprint density at radius 2 is 2.00 bits per heavy atom. The molecule has 0 fully saturated rings. The van der Waals surface area contributed by atoms with Crippen LogP contribution in [0.2, 0.25) is 0 Å². The van der Waals surface area contributed by atoms with Crippen molar-refractivity contribution in [1.29, 1.82) is 0 Å². The molecular formula is C12H13BrO. The average Bonchev–Trinajstić information content (AvgIpc) is 2.08. The second-order valence-corrected chi connectivity index (χ2v) is 4.26. The van der Waals surface area contributed by atoms with Crippen molar-refractivity contribution in [3.8, 4) is 0 Å². The summed E-state index contributed by atoms with van der Waals surface area (Å²) in [5.41, 5.74) is 3.28. The Morgan fingerprint density at radius 3 is 2.50 bits per heavy atom. The Labute approximate surface area is 93.0 Å². The molecule has 0 bridgehead atoms. The molecule has 1 aromatic rings. The monoisotopic (exact) mass is 252 g/mol. The molecule has 1 nitrogen and oxygen atoms in total. The van der Waals surface area contributed by atoms with Crippen molar-refractivity contribution in [1.82, 2.24) is 0 Å². The molecule has 0 unspecified atom stereocenters. The Bertz CT molecular complexity index is 391. The minimum Gasteiger partial charge on any atom is -0.295 e. The maximum atomic E-state index is 10.9. The maximum absolute atomic E-state index is 10.9. The summed E-state index contributed by atoms with van der Waals surface area (Å²) < 4.78 is 1.08. The number of aryl methyl sites for hydroxylation is 1. The molecule has 0 aliphatic rings. The van der Waals surface area contributed by atoms with Crippen molar-refractivity contribution in [3.63, 3.8) is 0 Å². The van der Waals surface area contributed by atoms with Gasteiger partial charge in [-0.05, 0) is 49.6 Å². The summed E-state index contributed by atoms with van der Waals surface area (Å²) in [6, 6.07) is 6.09. The number of allylic oxidation sites excluding steroid dienone is 2. The molecule has 0 spiro atoms. The number of benzene rings is 1. The van der Waals surface area contributed by atoms with E-state index in [0.29, 0.717) is 0 Å². The highest BCUT2D eigenvalue weighted by molar-refractivity contribution is 9.10. The van der Waals surface area contributed by atoms with Gasteiger partial charge < -0.3 is 0 Å². The first kappa shape index (κ1) is 11.2. The van der Waals surface area contributed by atoms with E-state index in [4.69, 9.17) is 0 Å². The molecule has 1 aromatic carbocycles. The van der Waals surface area contributed by atoms with Gasteiger partial charge in [-0.15, -0.1) is 0 Å². The van der Waals surface area contributed by atoms with Crippen LogP contribution in [0.4, 0.5) is 0 Å². The minimum absolute atomic E-state index is 0.0826. The molecule has 14 heavy (non-hydrogen) atoms. The fourth-order valence-corrected chi connectivity index (χ4v) is 1.61. The van der Waals surface area contributed by atoms with Crippen LogP contribution in [0.5, 0.6) is 0 Å². The second-order valence-electron chi connectivity index (χ2n) is 3.40. The van der Waals surface area contributed by atoms with Gasteiger partial charge in [0, 0.05) is 4.47 Å². The molecule has 0 aromatic heterocycles. The molecule has 0 saturated carbocycles. The quantitative estimate of drug-likeness (QED) is 0.733. The molecule has 0 heterocycles. The SMILES string of the molecule is CC(=O)/C=C(\C)c1ccc(C)c(Br)c1. The molecule has 0 N–H and O–H groups in total. The number of halogens is 1. The predicted molar refractivity (Wildman–Crippen MR) is 63.2 cm³/mol. The molecule has 0 aliphatic heterocycles. The first-order valence-electron chi connectivity index (χ1n) is 4.46. The van der Waals surface area contributed by atoms with Gasteiger partial charge in [-0.25, -0.2) is 0 Å². The fraction of sp³-hybridized carbons (Fsp3) is 0.250. The first-order chi connectivity index (χ1) is 6.50. The van der Waals surface area contributed by atoms with Crippen molar-refractivity contribution in [2.45, 2.75) is 20.8 Å². The van der Waals surface area contributed by atoms with Gasteiger partial charge in [0.15, 0.2) is 5.78 Å². The number of carbonyl (C=O) groups is 1. The summed E-state index contributed by atoms with van der Waals surface area (Å²) in [7, 11) is 0. The van der Waals surface area contributed by atoms with E-state index in [1.165, 1.54) is 5.56 Å². The lowest BCUT2D eigenvalue weighted by molar-refractivity contribution is -0.112. The predicted octanol–water partition coefficient (Wildman–Crippen LogP) is 3.75. The topological polar surface area (TPSA) is 17.1 Å². The summed E-state index contributed by atoms with van der Waals surface area (Å²) in [5, 5.41) is 0. The Morgan fingerprint density at radius 1 is 1.36 bits per heavy atom. The second kappa shape index (κ2) is 4.56. The lowest BCUT2D eigenvalue weighted by atomic mass is 10.0. The van der Waals surface area contributed by atoms with Gasteiger partial charge in [0.2, 0.25) is 0 Å². The molecule has 1 rings (SSSR count). The van der Waals surface area contributed by atoms with Crippen molar-refractivity contribution < 1.29 is 4.79 Å². The van der Waals surface area contributed by atoms with Gasteiger partial charge in [0.05, 0.1) is 0 Å².